The van der Waals surface area contributed by atoms with Crippen molar-refractivity contribution in [2.24, 2.45) is 0 Å². The van der Waals surface area contributed by atoms with E-state index in [9.17, 15) is 0 Å². The number of hydrogen-bond donors (Lipinski definition) is 0. The van der Waals surface area contributed by atoms with Gasteiger partial charge in [-0.1, -0.05) is 18.2 Å². The number of pyridine rings is 1. The highest BCUT2D eigenvalue weighted by Gasteiger charge is 2.11. The van der Waals surface area contributed by atoms with Gasteiger partial charge in [0.05, 0.1) is 17.3 Å². The summed E-state index contributed by atoms with van der Waals surface area (Å²) < 4.78 is 0. The first-order valence-electron chi connectivity index (χ1n) is 6.82. The molecule has 2 aromatic rings. The Balaban J connectivity index is 2.07. The molecule has 0 saturated heterocycles. The minimum Gasteiger partial charge on any atom is -0.291 e. The molecule has 0 aliphatic carbocycles. The van der Waals surface area contributed by atoms with Crippen molar-refractivity contribution in [2.75, 3.05) is 0 Å². The number of nitrogens with zero attached hydrogens (tertiary/aromatic N) is 3. The second-order valence-corrected chi connectivity index (χ2v) is 5.13. The van der Waals surface area contributed by atoms with Crippen LogP contribution in [0.1, 0.15) is 30.7 Å². The van der Waals surface area contributed by atoms with Gasteiger partial charge in [0.25, 0.3) is 0 Å². The van der Waals surface area contributed by atoms with Gasteiger partial charge in [-0.15, -0.1) is 0 Å². The topological polar surface area (TPSA) is 39.9 Å². The second-order valence-electron chi connectivity index (χ2n) is 5.13. The van der Waals surface area contributed by atoms with E-state index >= 15 is 0 Å². The zero-order valence-corrected chi connectivity index (χ0v) is 12.0. The number of benzene rings is 1. The van der Waals surface area contributed by atoms with Crippen LogP contribution in [0, 0.1) is 11.3 Å². The summed E-state index contributed by atoms with van der Waals surface area (Å²) in [5.74, 6) is 0. The van der Waals surface area contributed by atoms with Gasteiger partial charge >= 0.3 is 0 Å². The normalized spacial score (nSPS) is 10.8. The number of nitriles is 1. The fraction of sp³-hybridized carbons (Fsp3) is 0.294. The van der Waals surface area contributed by atoms with Gasteiger partial charge in [-0.2, -0.15) is 5.26 Å². The Bertz CT molecular complexity index is 567. The molecule has 0 spiro atoms. The molecule has 0 unspecified atom stereocenters. The SMILES string of the molecule is CC(C)N(Cc1ccc(C#N)cc1)Cc1ccccn1. The maximum Gasteiger partial charge on any atom is 0.0991 e. The molecule has 1 aromatic heterocycles. The minimum absolute atomic E-state index is 0.438. The van der Waals surface area contributed by atoms with Crippen molar-refractivity contribution >= 4 is 0 Å². The molecule has 1 heterocycles. The van der Waals surface area contributed by atoms with Crippen LogP contribution in [0.2, 0.25) is 0 Å². The molecule has 0 saturated carbocycles. The number of hydrogen-bond acceptors (Lipinski definition) is 3. The third-order valence-electron chi connectivity index (χ3n) is 3.29. The van der Waals surface area contributed by atoms with E-state index in [1.165, 1.54) is 5.56 Å². The smallest absolute Gasteiger partial charge is 0.0991 e. The van der Waals surface area contributed by atoms with E-state index in [4.69, 9.17) is 5.26 Å². The Morgan fingerprint density at radius 3 is 2.40 bits per heavy atom. The first-order valence-corrected chi connectivity index (χ1v) is 6.82. The minimum atomic E-state index is 0.438. The quantitative estimate of drug-likeness (QED) is 0.832. The summed E-state index contributed by atoms with van der Waals surface area (Å²) >= 11 is 0. The molecule has 0 radical (unpaired) electrons. The van der Waals surface area contributed by atoms with Gasteiger partial charge < -0.3 is 0 Å². The zero-order valence-electron chi connectivity index (χ0n) is 12.0. The Morgan fingerprint density at radius 2 is 1.85 bits per heavy atom. The van der Waals surface area contributed by atoms with Crippen LogP contribution in [0.25, 0.3) is 0 Å². The summed E-state index contributed by atoms with van der Waals surface area (Å²) in [6.07, 6.45) is 1.83. The van der Waals surface area contributed by atoms with Crippen LogP contribution in [0.4, 0.5) is 0 Å². The molecule has 0 bridgehead atoms. The van der Waals surface area contributed by atoms with Gasteiger partial charge in [0.1, 0.15) is 0 Å². The predicted octanol–water partition coefficient (Wildman–Crippen LogP) is 3.36. The van der Waals surface area contributed by atoms with E-state index < -0.39 is 0 Å². The number of rotatable bonds is 5. The molecule has 20 heavy (non-hydrogen) atoms. The molecule has 1 aromatic carbocycles. The summed E-state index contributed by atoms with van der Waals surface area (Å²) in [5, 5.41) is 8.82. The fourth-order valence-electron chi connectivity index (χ4n) is 2.04. The van der Waals surface area contributed by atoms with Gasteiger partial charge in [0.15, 0.2) is 0 Å². The van der Waals surface area contributed by atoms with Gasteiger partial charge in [-0.05, 0) is 43.7 Å². The number of aromatic nitrogens is 1. The van der Waals surface area contributed by atoms with Crippen LogP contribution in [0.15, 0.2) is 48.7 Å². The third-order valence-corrected chi connectivity index (χ3v) is 3.29. The average molecular weight is 265 g/mol. The highest BCUT2D eigenvalue weighted by atomic mass is 15.1. The van der Waals surface area contributed by atoms with Gasteiger partial charge in [0.2, 0.25) is 0 Å². The van der Waals surface area contributed by atoms with Crippen molar-refractivity contribution in [3.05, 3.63) is 65.5 Å². The van der Waals surface area contributed by atoms with Gasteiger partial charge in [0, 0.05) is 25.3 Å². The Hall–Kier alpha value is -2.18. The summed E-state index contributed by atoms with van der Waals surface area (Å²) in [7, 11) is 0. The molecular weight excluding hydrogens is 246 g/mol. The van der Waals surface area contributed by atoms with E-state index in [1.807, 2.05) is 48.7 Å². The van der Waals surface area contributed by atoms with Crippen molar-refractivity contribution in [3.8, 4) is 6.07 Å². The molecule has 0 atom stereocenters. The summed E-state index contributed by atoms with van der Waals surface area (Å²) in [6, 6.07) is 16.4. The van der Waals surface area contributed by atoms with E-state index in [0.717, 1.165) is 18.8 Å². The molecule has 0 aliphatic rings. The molecule has 2 rings (SSSR count). The molecule has 3 nitrogen and oxygen atoms in total. The van der Waals surface area contributed by atoms with Crippen molar-refractivity contribution in [1.29, 1.82) is 5.26 Å². The average Bonchev–Trinajstić information content (AvgIpc) is 2.48. The standard InChI is InChI=1S/C17H19N3/c1-14(2)20(13-17-5-3-4-10-19-17)12-16-8-6-15(11-18)7-9-16/h3-10,14H,12-13H2,1-2H3. The van der Waals surface area contributed by atoms with Crippen molar-refractivity contribution in [1.82, 2.24) is 9.88 Å². The first kappa shape index (κ1) is 14.2. The second kappa shape index (κ2) is 6.83. The lowest BCUT2D eigenvalue weighted by Gasteiger charge is -2.26. The van der Waals surface area contributed by atoms with Gasteiger partial charge in [-0.25, -0.2) is 0 Å². The van der Waals surface area contributed by atoms with Crippen molar-refractivity contribution in [3.63, 3.8) is 0 Å². The molecule has 102 valence electrons. The van der Waals surface area contributed by atoms with Crippen LogP contribution in [0.5, 0.6) is 0 Å². The third kappa shape index (κ3) is 3.91. The highest BCUT2D eigenvalue weighted by molar-refractivity contribution is 5.31. The Kier molecular flexibility index (Phi) is 4.86. The van der Waals surface area contributed by atoms with Crippen LogP contribution in [-0.2, 0) is 13.1 Å². The lowest BCUT2D eigenvalue weighted by Crippen LogP contribution is -2.30. The molecule has 3 heteroatoms. The maximum absolute atomic E-state index is 8.82. The molecular formula is C17H19N3. The van der Waals surface area contributed by atoms with Crippen LogP contribution in [-0.4, -0.2) is 15.9 Å². The highest BCUT2D eigenvalue weighted by Crippen LogP contribution is 2.12. The fourth-order valence-corrected chi connectivity index (χ4v) is 2.04. The lowest BCUT2D eigenvalue weighted by atomic mass is 10.1. The monoisotopic (exact) mass is 265 g/mol. The van der Waals surface area contributed by atoms with Crippen LogP contribution >= 0.6 is 0 Å². The Morgan fingerprint density at radius 1 is 1.10 bits per heavy atom. The van der Waals surface area contributed by atoms with Gasteiger partial charge in [-0.3, -0.25) is 9.88 Å². The molecule has 0 aliphatic heterocycles. The van der Waals surface area contributed by atoms with E-state index in [2.05, 4.69) is 29.8 Å². The van der Waals surface area contributed by atoms with E-state index in [1.54, 1.807) is 0 Å². The largest absolute Gasteiger partial charge is 0.291 e. The summed E-state index contributed by atoms with van der Waals surface area (Å²) in [6.45, 7) is 6.07. The molecule has 0 fully saturated rings. The van der Waals surface area contributed by atoms with Crippen LogP contribution < -0.4 is 0 Å². The zero-order chi connectivity index (χ0) is 14.4. The van der Waals surface area contributed by atoms with Crippen molar-refractivity contribution in [2.45, 2.75) is 33.0 Å². The summed E-state index contributed by atoms with van der Waals surface area (Å²) in [4.78, 5) is 6.75. The van der Waals surface area contributed by atoms with E-state index in [0.29, 0.717) is 11.6 Å². The summed E-state index contributed by atoms with van der Waals surface area (Å²) in [5.41, 5.74) is 3.00. The first-order chi connectivity index (χ1) is 9.69. The van der Waals surface area contributed by atoms with Crippen LogP contribution in [0.3, 0.4) is 0 Å². The predicted molar refractivity (Wildman–Crippen MR) is 79.8 cm³/mol. The lowest BCUT2D eigenvalue weighted by molar-refractivity contribution is 0.201. The van der Waals surface area contributed by atoms with Crippen molar-refractivity contribution < 1.29 is 0 Å². The molecule has 0 amide bonds. The van der Waals surface area contributed by atoms with E-state index in [-0.39, 0.29) is 0 Å². The maximum atomic E-state index is 8.82. The molecule has 0 N–H and O–H groups in total. The Labute approximate surface area is 120 Å².